The van der Waals surface area contributed by atoms with Crippen LogP contribution in [0.2, 0.25) is 0 Å². The molecule has 0 aromatic carbocycles. The first kappa shape index (κ1) is 14.8. The second-order valence-corrected chi connectivity index (χ2v) is 6.14. The summed E-state index contributed by atoms with van der Waals surface area (Å²) in [5, 5.41) is 3.12. The topological polar surface area (TPSA) is 64.3 Å². The molecule has 0 atom stereocenters. The predicted octanol–water partition coefficient (Wildman–Crippen LogP) is 2.11. The molecule has 2 saturated carbocycles. The standard InChI is InChI=1S/C15H28N2O2/c16-12-15(9-5-6-10-15)19-11-14(18)17-13-7-3-1-2-4-8-13/h13H,1-12,16H2,(H,17,18). The maximum absolute atomic E-state index is 12.0. The fourth-order valence-electron chi connectivity index (χ4n) is 3.34. The lowest BCUT2D eigenvalue weighted by Crippen LogP contribution is -2.43. The van der Waals surface area contributed by atoms with Gasteiger partial charge in [-0.3, -0.25) is 4.79 Å². The van der Waals surface area contributed by atoms with Gasteiger partial charge in [-0.1, -0.05) is 38.5 Å². The first-order valence-corrected chi connectivity index (χ1v) is 7.87. The molecule has 2 rings (SSSR count). The summed E-state index contributed by atoms with van der Waals surface area (Å²) >= 11 is 0. The molecule has 0 aromatic heterocycles. The van der Waals surface area contributed by atoms with Crippen molar-refractivity contribution in [3.8, 4) is 0 Å². The van der Waals surface area contributed by atoms with E-state index in [9.17, 15) is 4.79 Å². The molecule has 0 radical (unpaired) electrons. The Hall–Kier alpha value is -0.610. The van der Waals surface area contributed by atoms with Crippen LogP contribution in [0.5, 0.6) is 0 Å². The Kier molecular flexibility index (Phi) is 5.64. The van der Waals surface area contributed by atoms with E-state index in [1.54, 1.807) is 0 Å². The van der Waals surface area contributed by atoms with Gasteiger partial charge in [0.2, 0.25) is 5.91 Å². The van der Waals surface area contributed by atoms with Gasteiger partial charge in [-0.2, -0.15) is 0 Å². The molecule has 2 aliphatic carbocycles. The highest BCUT2D eigenvalue weighted by Gasteiger charge is 2.34. The number of ether oxygens (including phenoxy) is 1. The molecule has 3 N–H and O–H groups in total. The summed E-state index contributed by atoms with van der Waals surface area (Å²) in [5.74, 6) is 0.0339. The third-order valence-corrected chi connectivity index (χ3v) is 4.62. The Morgan fingerprint density at radius 3 is 2.32 bits per heavy atom. The van der Waals surface area contributed by atoms with Gasteiger partial charge in [0, 0.05) is 12.6 Å². The molecule has 4 heteroatoms. The quantitative estimate of drug-likeness (QED) is 0.751. The largest absolute Gasteiger partial charge is 0.364 e. The van der Waals surface area contributed by atoms with E-state index in [4.69, 9.17) is 10.5 Å². The lowest BCUT2D eigenvalue weighted by atomic mass is 10.0. The van der Waals surface area contributed by atoms with Crippen LogP contribution in [0.1, 0.15) is 64.2 Å². The van der Waals surface area contributed by atoms with Crippen LogP contribution in [-0.2, 0) is 9.53 Å². The van der Waals surface area contributed by atoms with Crippen LogP contribution in [-0.4, -0.2) is 30.7 Å². The summed E-state index contributed by atoms with van der Waals surface area (Å²) in [5.41, 5.74) is 5.58. The van der Waals surface area contributed by atoms with Crippen LogP contribution in [0.4, 0.5) is 0 Å². The second-order valence-electron chi connectivity index (χ2n) is 6.14. The highest BCUT2D eigenvalue weighted by Crippen LogP contribution is 2.32. The smallest absolute Gasteiger partial charge is 0.246 e. The maximum Gasteiger partial charge on any atom is 0.246 e. The van der Waals surface area contributed by atoms with E-state index in [2.05, 4.69) is 5.32 Å². The zero-order valence-corrected chi connectivity index (χ0v) is 12.0. The maximum atomic E-state index is 12.0. The summed E-state index contributed by atoms with van der Waals surface area (Å²) in [6.45, 7) is 0.706. The van der Waals surface area contributed by atoms with Crippen LogP contribution >= 0.6 is 0 Å². The molecule has 0 heterocycles. The number of hydrogen-bond acceptors (Lipinski definition) is 3. The molecular weight excluding hydrogens is 240 g/mol. The van der Waals surface area contributed by atoms with Crippen molar-refractivity contribution in [1.29, 1.82) is 0 Å². The van der Waals surface area contributed by atoms with Gasteiger partial charge in [0.25, 0.3) is 0 Å². The number of nitrogens with one attached hydrogen (secondary N) is 1. The summed E-state index contributed by atoms with van der Waals surface area (Å²) in [6.07, 6.45) is 11.7. The number of amides is 1. The van der Waals surface area contributed by atoms with Gasteiger partial charge in [0.1, 0.15) is 6.61 Å². The second kappa shape index (κ2) is 7.25. The van der Waals surface area contributed by atoms with Crippen molar-refractivity contribution >= 4 is 5.91 Å². The average Bonchev–Trinajstić information content (AvgIpc) is 2.75. The van der Waals surface area contributed by atoms with E-state index in [0.717, 1.165) is 25.7 Å². The molecule has 0 aliphatic heterocycles. The van der Waals surface area contributed by atoms with E-state index in [-0.39, 0.29) is 18.1 Å². The predicted molar refractivity (Wildman–Crippen MR) is 75.8 cm³/mol. The van der Waals surface area contributed by atoms with Crippen molar-refractivity contribution < 1.29 is 9.53 Å². The van der Waals surface area contributed by atoms with Gasteiger partial charge < -0.3 is 15.8 Å². The van der Waals surface area contributed by atoms with Crippen molar-refractivity contribution in [1.82, 2.24) is 5.32 Å². The Balaban J connectivity index is 1.71. The van der Waals surface area contributed by atoms with Crippen molar-refractivity contribution in [2.45, 2.75) is 75.9 Å². The van der Waals surface area contributed by atoms with Crippen LogP contribution < -0.4 is 11.1 Å². The van der Waals surface area contributed by atoms with Gasteiger partial charge in [-0.05, 0) is 25.7 Å². The van der Waals surface area contributed by atoms with Crippen molar-refractivity contribution in [3.63, 3.8) is 0 Å². The van der Waals surface area contributed by atoms with Crippen LogP contribution in [0, 0.1) is 0 Å². The first-order valence-electron chi connectivity index (χ1n) is 7.87. The lowest BCUT2D eigenvalue weighted by molar-refractivity contribution is -0.133. The van der Waals surface area contributed by atoms with Crippen molar-refractivity contribution in [3.05, 3.63) is 0 Å². The Morgan fingerprint density at radius 1 is 1.11 bits per heavy atom. The number of nitrogens with two attached hydrogens (primary N) is 1. The van der Waals surface area contributed by atoms with E-state index >= 15 is 0 Å². The SMILES string of the molecule is NCC1(OCC(=O)NC2CCCCCC2)CCCC1. The number of hydrogen-bond donors (Lipinski definition) is 2. The number of carbonyl (C=O) groups is 1. The fraction of sp³-hybridized carbons (Fsp3) is 0.933. The molecule has 0 aromatic rings. The third kappa shape index (κ3) is 4.46. The van der Waals surface area contributed by atoms with Crippen molar-refractivity contribution in [2.24, 2.45) is 5.73 Å². The zero-order chi connectivity index (χ0) is 13.6. The van der Waals surface area contributed by atoms with Gasteiger partial charge in [0.15, 0.2) is 0 Å². The van der Waals surface area contributed by atoms with Gasteiger partial charge >= 0.3 is 0 Å². The van der Waals surface area contributed by atoms with Crippen molar-refractivity contribution in [2.75, 3.05) is 13.2 Å². The lowest BCUT2D eigenvalue weighted by Gasteiger charge is -2.27. The molecule has 0 bridgehead atoms. The zero-order valence-electron chi connectivity index (χ0n) is 12.0. The molecule has 1 amide bonds. The summed E-state index contributed by atoms with van der Waals surface area (Å²) < 4.78 is 5.84. The Labute approximate surface area is 116 Å². The molecular formula is C15H28N2O2. The number of carbonyl (C=O) groups excluding carboxylic acids is 1. The normalized spacial score (nSPS) is 24.1. The minimum Gasteiger partial charge on any atom is -0.364 e. The molecule has 0 spiro atoms. The van der Waals surface area contributed by atoms with Crippen LogP contribution in [0.3, 0.4) is 0 Å². The Bertz CT molecular complexity index is 280. The Morgan fingerprint density at radius 2 is 1.74 bits per heavy atom. The molecule has 4 nitrogen and oxygen atoms in total. The van der Waals surface area contributed by atoms with Crippen LogP contribution in [0.25, 0.3) is 0 Å². The third-order valence-electron chi connectivity index (χ3n) is 4.62. The number of rotatable bonds is 5. The molecule has 110 valence electrons. The van der Waals surface area contributed by atoms with Gasteiger partial charge in [-0.15, -0.1) is 0 Å². The van der Waals surface area contributed by atoms with Crippen LogP contribution in [0.15, 0.2) is 0 Å². The molecule has 2 fully saturated rings. The minimum absolute atomic E-state index is 0.0339. The van der Waals surface area contributed by atoms with E-state index in [1.165, 1.54) is 38.5 Å². The van der Waals surface area contributed by atoms with Gasteiger partial charge in [0.05, 0.1) is 5.60 Å². The van der Waals surface area contributed by atoms with E-state index in [1.807, 2.05) is 0 Å². The van der Waals surface area contributed by atoms with Gasteiger partial charge in [-0.25, -0.2) is 0 Å². The molecule has 0 unspecified atom stereocenters. The average molecular weight is 268 g/mol. The molecule has 19 heavy (non-hydrogen) atoms. The summed E-state index contributed by atoms with van der Waals surface area (Å²) in [4.78, 5) is 12.0. The highest BCUT2D eigenvalue weighted by molar-refractivity contribution is 5.77. The highest BCUT2D eigenvalue weighted by atomic mass is 16.5. The summed E-state index contributed by atoms with van der Waals surface area (Å²) in [6, 6.07) is 0.357. The fourth-order valence-corrected chi connectivity index (χ4v) is 3.34. The van der Waals surface area contributed by atoms with E-state index in [0.29, 0.717) is 12.6 Å². The first-order chi connectivity index (χ1) is 9.24. The molecule has 0 saturated heterocycles. The van der Waals surface area contributed by atoms with E-state index < -0.39 is 0 Å². The molecule has 2 aliphatic rings. The monoisotopic (exact) mass is 268 g/mol. The summed E-state index contributed by atoms with van der Waals surface area (Å²) in [7, 11) is 0. The minimum atomic E-state index is -0.221.